The van der Waals surface area contributed by atoms with Gasteiger partial charge in [0.05, 0.1) is 0 Å². The molecular weight excluding hydrogens is 167 g/mol. The average molecular weight is 178 g/mol. The fourth-order valence-electron chi connectivity index (χ4n) is 1.72. The van der Waals surface area contributed by atoms with Crippen LogP contribution in [0.25, 0.3) is 0 Å². The number of halogens is 1. The summed E-state index contributed by atoms with van der Waals surface area (Å²) in [5, 5.41) is 0. The fraction of sp³-hybridized carbons (Fsp3) is 0.364. The largest absolute Gasteiger partial charge is 0.299 e. The molecule has 2 heteroatoms. The van der Waals surface area contributed by atoms with Gasteiger partial charge in [-0.05, 0) is 36.6 Å². The van der Waals surface area contributed by atoms with Gasteiger partial charge in [-0.15, -0.1) is 0 Å². The molecule has 1 unspecified atom stereocenters. The summed E-state index contributed by atoms with van der Waals surface area (Å²) in [7, 11) is 0. The quantitative estimate of drug-likeness (QED) is 0.646. The van der Waals surface area contributed by atoms with Crippen LogP contribution in [0, 0.1) is 12.7 Å². The standard InChI is InChI=1S/C11H11FO/c1-7-2-3-8(12)6-10(7)9-4-5-11(9)13/h2-3,6,9H,4-5H2,1H3. The highest BCUT2D eigenvalue weighted by Crippen LogP contribution is 2.34. The summed E-state index contributed by atoms with van der Waals surface area (Å²) in [6.45, 7) is 1.92. The number of hydrogen-bond acceptors (Lipinski definition) is 1. The molecule has 1 aliphatic carbocycles. The predicted molar refractivity (Wildman–Crippen MR) is 48.1 cm³/mol. The molecule has 0 aliphatic heterocycles. The lowest BCUT2D eigenvalue weighted by molar-refractivity contribution is -0.125. The Bertz CT molecular complexity index is 357. The number of benzene rings is 1. The lowest BCUT2D eigenvalue weighted by Crippen LogP contribution is -2.24. The van der Waals surface area contributed by atoms with Crippen LogP contribution in [-0.2, 0) is 4.79 Å². The second-order valence-corrected chi connectivity index (χ2v) is 3.56. The van der Waals surface area contributed by atoms with Crippen molar-refractivity contribution in [1.82, 2.24) is 0 Å². The van der Waals surface area contributed by atoms with E-state index in [9.17, 15) is 9.18 Å². The SMILES string of the molecule is Cc1ccc(F)cc1C1CCC1=O. The Morgan fingerprint density at radius 1 is 1.46 bits per heavy atom. The number of ketones is 1. The summed E-state index contributed by atoms with van der Waals surface area (Å²) in [5.74, 6) is -0.0373. The van der Waals surface area contributed by atoms with Gasteiger partial charge in [0.25, 0.3) is 0 Å². The molecule has 1 fully saturated rings. The molecule has 1 aliphatic rings. The molecule has 0 amide bonds. The van der Waals surface area contributed by atoms with Gasteiger partial charge in [-0.1, -0.05) is 6.07 Å². The molecule has 0 heterocycles. The summed E-state index contributed by atoms with van der Waals surface area (Å²) >= 11 is 0. The van der Waals surface area contributed by atoms with E-state index >= 15 is 0 Å². The van der Waals surface area contributed by atoms with E-state index in [1.807, 2.05) is 6.92 Å². The van der Waals surface area contributed by atoms with E-state index in [1.54, 1.807) is 6.07 Å². The Morgan fingerprint density at radius 3 is 2.77 bits per heavy atom. The molecule has 0 bridgehead atoms. The first-order chi connectivity index (χ1) is 6.18. The minimum absolute atomic E-state index is 0.0318. The lowest BCUT2D eigenvalue weighted by Gasteiger charge is -2.25. The zero-order valence-corrected chi connectivity index (χ0v) is 7.51. The van der Waals surface area contributed by atoms with Crippen LogP contribution in [0.2, 0.25) is 0 Å². The van der Waals surface area contributed by atoms with Gasteiger partial charge < -0.3 is 0 Å². The van der Waals surface area contributed by atoms with Crippen LogP contribution < -0.4 is 0 Å². The minimum Gasteiger partial charge on any atom is -0.299 e. The highest BCUT2D eigenvalue weighted by molar-refractivity contribution is 5.91. The number of hydrogen-bond donors (Lipinski definition) is 0. The van der Waals surface area contributed by atoms with Gasteiger partial charge in [-0.3, -0.25) is 4.79 Å². The highest BCUT2D eigenvalue weighted by Gasteiger charge is 2.30. The zero-order valence-electron chi connectivity index (χ0n) is 7.51. The Kier molecular flexibility index (Phi) is 1.91. The number of aryl methyl sites for hydroxylation is 1. The van der Waals surface area contributed by atoms with Crippen molar-refractivity contribution in [2.75, 3.05) is 0 Å². The summed E-state index contributed by atoms with van der Waals surface area (Å²) in [6.07, 6.45) is 1.53. The fourth-order valence-corrected chi connectivity index (χ4v) is 1.72. The average Bonchev–Trinajstić information content (AvgIpc) is 2.09. The van der Waals surface area contributed by atoms with Crippen molar-refractivity contribution in [2.24, 2.45) is 0 Å². The monoisotopic (exact) mass is 178 g/mol. The van der Waals surface area contributed by atoms with Crippen LogP contribution in [0.5, 0.6) is 0 Å². The first-order valence-corrected chi connectivity index (χ1v) is 4.47. The topological polar surface area (TPSA) is 17.1 Å². The van der Waals surface area contributed by atoms with Crippen LogP contribution >= 0.6 is 0 Å². The number of Topliss-reactive ketones (excluding diaryl/α,β-unsaturated/α-hetero) is 1. The molecule has 0 aromatic heterocycles. The van der Waals surface area contributed by atoms with E-state index in [0.29, 0.717) is 6.42 Å². The molecule has 68 valence electrons. The van der Waals surface area contributed by atoms with E-state index in [4.69, 9.17) is 0 Å². The number of carbonyl (C=O) groups excluding carboxylic acids is 1. The van der Waals surface area contributed by atoms with Gasteiger partial charge in [0.15, 0.2) is 0 Å². The smallest absolute Gasteiger partial charge is 0.140 e. The van der Waals surface area contributed by atoms with Crippen molar-refractivity contribution in [1.29, 1.82) is 0 Å². The summed E-state index contributed by atoms with van der Waals surface area (Å²) in [6, 6.07) is 4.65. The Morgan fingerprint density at radius 2 is 2.23 bits per heavy atom. The molecule has 1 nitrogen and oxygen atoms in total. The summed E-state index contributed by atoms with van der Waals surface area (Å²) < 4.78 is 12.9. The Balaban J connectivity index is 2.38. The first-order valence-electron chi connectivity index (χ1n) is 4.47. The predicted octanol–water partition coefficient (Wildman–Crippen LogP) is 2.58. The summed E-state index contributed by atoms with van der Waals surface area (Å²) in [5.41, 5.74) is 1.88. The zero-order chi connectivity index (χ0) is 9.42. The molecule has 1 atom stereocenters. The third kappa shape index (κ3) is 1.37. The molecule has 0 spiro atoms. The number of rotatable bonds is 1. The maximum Gasteiger partial charge on any atom is 0.140 e. The Labute approximate surface area is 76.6 Å². The molecule has 1 saturated carbocycles. The molecule has 13 heavy (non-hydrogen) atoms. The maximum absolute atomic E-state index is 12.9. The van der Waals surface area contributed by atoms with Crippen molar-refractivity contribution in [3.63, 3.8) is 0 Å². The van der Waals surface area contributed by atoms with E-state index in [2.05, 4.69) is 0 Å². The van der Waals surface area contributed by atoms with Crippen LogP contribution in [0.3, 0.4) is 0 Å². The second kappa shape index (κ2) is 2.95. The molecule has 1 aromatic rings. The molecular formula is C11H11FO. The highest BCUT2D eigenvalue weighted by atomic mass is 19.1. The number of carbonyl (C=O) groups is 1. The van der Waals surface area contributed by atoms with Gasteiger partial charge in [-0.2, -0.15) is 0 Å². The van der Waals surface area contributed by atoms with Crippen LogP contribution in [0.4, 0.5) is 4.39 Å². The van der Waals surface area contributed by atoms with Gasteiger partial charge in [0, 0.05) is 12.3 Å². The molecule has 0 N–H and O–H groups in total. The van der Waals surface area contributed by atoms with Crippen LogP contribution in [-0.4, -0.2) is 5.78 Å². The van der Waals surface area contributed by atoms with Gasteiger partial charge in [0.1, 0.15) is 11.6 Å². The molecule has 0 radical (unpaired) electrons. The Hall–Kier alpha value is -1.18. The third-order valence-corrected chi connectivity index (χ3v) is 2.68. The van der Waals surface area contributed by atoms with Gasteiger partial charge in [0.2, 0.25) is 0 Å². The van der Waals surface area contributed by atoms with Gasteiger partial charge in [-0.25, -0.2) is 4.39 Å². The van der Waals surface area contributed by atoms with Crippen molar-refractivity contribution in [3.8, 4) is 0 Å². The van der Waals surface area contributed by atoms with Gasteiger partial charge >= 0.3 is 0 Å². The van der Waals surface area contributed by atoms with E-state index in [-0.39, 0.29) is 17.5 Å². The first kappa shape index (κ1) is 8.42. The summed E-state index contributed by atoms with van der Waals surface area (Å²) in [4.78, 5) is 11.2. The lowest BCUT2D eigenvalue weighted by atomic mass is 9.77. The van der Waals surface area contributed by atoms with E-state index < -0.39 is 0 Å². The van der Waals surface area contributed by atoms with Crippen molar-refractivity contribution < 1.29 is 9.18 Å². The van der Waals surface area contributed by atoms with E-state index in [1.165, 1.54) is 12.1 Å². The van der Waals surface area contributed by atoms with Crippen molar-refractivity contribution >= 4 is 5.78 Å². The normalized spacial score (nSPS) is 21.4. The minimum atomic E-state index is -0.250. The van der Waals surface area contributed by atoms with Crippen LogP contribution in [0.15, 0.2) is 18.2 Å². The molecule has 0 saturated heterocycles. The molecule has 2 rings (SSSR count). The van der Waals surface area contributed by atoms with Crippen LogP contribution in [0.1, 0.15) is 29.9 Å². The molecule has 1 aromatic carbocycles. The third-order valence-electron chi connectivity index (χ3n) is 2.68. The van der Waals surface area contributed by atoms with Crippen molar-refractivity contribution in [2.45, 2.75) is 25.7 Å². The second-order valence-electron chi connectivity index (χ2n) is 3.56. The van der Waals surface area contributed by atoms with E-state index in [0.717, 1.165) is 17.5 Å². The van der Waals surface area contributed by atoms with Crippen molar-refractivity contribution in [3.05, 3.63) is 35.1 Å². The maximum atomic E-state index is 12.9.